The Morgan fingerprint density at radius 2 is 1.77 bits per heavy atom. The zero-order chi connectivity index (χ0) is 22.4. The Balaban J connectivity index is 2.14. The first kappa shape index (κ1) is 22.5. The van der Waals surface area contributed by atoms with Gasteiger partial charge in [-0.2, -0.15) is 0 Å². The van der Waals surface area contributed by atoms with Crippen LogP contribution in [0.1, 0.15) is 17.3 Å². The number of hydrogen-bond donors (Lipinski definition) is 3. The summed E-state index contributed by atoms with van der Waals surface area (Å²) in [6.45, 7) is 0.429. The number of carbonyl (C=O) groups excluding carboxylic acids is 2. The summed E-state index contributed by atoms with van der Waals surface area (Å²) in [5.74, 6) is -5.18. The first-order valence-corrected chi connectivity index (χ1v) is 8.45. The topological polar surface area (TPSA) is 114 Å². The van der Waals surface area contributed by atoms with E-state index in [-0.39, 0.29) is 28.5 Å². The van der Waals surface area contributed by atoms with Gasteiger partial charge < -0.3 is 25.9 Å². The number of ketones is 1. The summed E-state index contributed by atoms with van der Waals surface area (Å²) in [6, 6.07) is 6.38. The van der Waals surface area contributed by atoms with Crippen LogP contribution in [0, 0.1) is 22.9 Å². The van der Waals surface area contributed by atoms with E-state index in [2.05, 4.69) is 5.32 Å². The van der Waals surface area contributed by atoms with Crippen LogP contribution in [-0.2, 0) is 9.53 Å². The molecule has 0 saturated carbocycles. The summed E-state index contributed by atoms with van der Waals surface area (Å²) < 4.78 is 50.0. The Morgan fingerprint density at radius 1 is 1.07 bits per heavy atom. The van der Waals surface area contributed by atoms with Crippen molar-refractivity contribution >= 4 is 23.2 Å². The van der Waals surface area contributed by atoms with Crippen molar-refractivity contribution in [2.75, 3.05) is 19.0 Å². The second-order valence-corrected chi connectivity index (χ2v) is 6.01. The van der Waals surface area contributed by atoms with Gasteiger partial charge in [0, 0.05) is 23.5 Å². The van der Waals surface area contributed by atoms with Gasteiger partial charge in [-0.3, -0.25) is 4.79 Å². The van der Waals surface area contributed by atoms with E-state index in [0.717, 1.165) is 18.2 Å². The van der Waals surface area contributed by atoms with E-state index in [9.17, 15) is 22.8 Å². The van der Waals surface area contributed by atoms with Crippen LogP contribution >= 0.6 is 0 Å². The highest BCUT2D eigenvalue weighted by Gasteiger charge is 2.21. The van der Waals surface area contributed by atoms with Gasteiger partial charge in [0.05, 0.1) is 12.7 Å². The molecule has 158 valence electrons. The van der Waals surface area contributed by atoms with Gasteiger partial charge in [-0.1, -0.05) is 0 Å². The van der Waals surface area contributed by atoms with Gasteiger partial charge in [-0.15, -0.1) is 0 Å². The number of anilines is 1. The van der Waals surface area contributed by atoms with Crippen molar-refractivity contribution in [1.29, 1.82) is 5.41 Å². The Hall–Kier alpha value is -3.82. The highest BCUT2D eigenvalue weighted by molar-refractivity contribution is 6.18. The van der Waals surface area contributed by atoms with Crippen molar-refractivity contribution in [2.24, 2.45) is 5.73 Å². The third-order valence-electron chi connectivity index (χ3n) is 3.86. The van der Waals surface area contributed by atoms with E-state index >= 15 is 0 Å². The standard InChI is InChI=1S/C20H18F3N3O4/c1-10(24)18(19(25)26-11-3-6-14(21)16(23)7-11)20(28)30-9-17(27)13-5-4-12(29-2)8-15(13)22/h3-8,24,26H,9,25H2,1-2H3/b19-18+,24-10?. The molecule has 2 aromatic carbocycles. The predicted molar refractivity (Wildman–Crippen MR) is 103 cm³/mol. The maximum atomic E-state index is 14.0. The average molecular weight is 421 g/mol. The maximum absolute atomic E-state index is 14.0. The molecule has 0 bridgehead atoms. The Bertz CT molecular complexity index is 1040. The number of methoxy groups -OCH3 is 1. The van der Waals surface area contributed by atoms with Crippen LogP contribution in [0.5, 0.6) is 5.75 Å². The van der Waals surface area contributed by atoms with Crippen LogP contribution < -0.4 is 15.8 Å². The molecule has 2 aromatic rings. The van der Waals surface area contributed by atoms with Crippen LogP contribution in [0.2, 0.25) is 0 Å². The smallest absolute Gasteiger partial charge is 0.344 e. The number of rotatable bonds is 8. The van der Waals surface area contributed by atoms with Gasteiger partial charge in [0.1, 0.15) is 23.0 Å². The summed E-state index contributed by atoms with van der Waals surface area (Å²) >= 11 is 0. The minimum absolute atomic E-state index is 0.0225. The average Bonchev–Trinajstić information content (AvgIpc) is 2.68. The predicted octanol–water partition coefficient (Wildman–Crippen LogP) is 3.16. The highest BCUT2D eigenvalue weighted by atomic mass is 19.2. The van der Waals surface area contributed by atoms with Crippen molar-refractivity contribution in [2.45, 2.75) is 6.92 Å². The molecule has 4 N–H and O–H groups in total. The number of Topliss-reactive ketones (excluding diaryl/α,β-unsaturated/α-hetero) is 1. The molecule has 0 fully saturated rings. The molecule has 2 rings (SSSR count). The summed E-state index contributed by atoms with van der Waals surface area (Å²) in [5, 5.41) is 10.2. The normalized spacial score (nSPS) is 11.4. The van der Waals surface area contributed by atoms with Crippen molar-refractivity contribution in [3.8, 4) is 5.75 Å². The summed E-state index contributed by atoms with van der Waals surface area (Å²) in [5.41, 5.74) is 4.74. The SMILES string of the molecule is COc1ccc(C(=O)COC(=O)/C(C(C)=N)=C(\N)Nc2ccc(F)c(F)c2)c(F)c1. The highest BCUT2D eigenvalue weighted by Crippen LogP contribution is 2.18. The van der Waals surface area contributed by atoms with Gasteiger partial charge in [0.15, 0.2) is 18.2 Å². The molecule has 0 heterocycles. The van der Waals surface area contributed by atoms with E-state index in [1.54, 1.807) is 0 Å². The second-order valence-electron chi connectivity index (χ2n) is 6.01. The molecule has 0 aliphatic carbocycles. The third-order valence-corrected chi connectivity index (χ3v) is 3.86. The Morgan fingerprint density at radius 3 is 2.33 bits per heavy atom. The third kappa shape index (κ3) is 5.37. The zero-order valence-electron chi connectivity index (χ0n) is 16.0. The second kappa shape index (κ2) is 9.59. The van der Waals surface area contributed by atoms with Crippen LogP contribution in [0.4, 0.5) is 18.9 Å². The van der Waals surface area contributed by atoms with Crippen LogP contribution in [0.15, 0.2) is 47.8 Å². The molecule has 30 heavy (non-hydrogen) atoms. The lowest BCUT2D eigenvalue weighted by Gasteiger charge is -2.13. The molecule has 0 aliphatic heterocycles. The molecule has 0 aromatic heterocycles. The molecule has 7 nitrogen and oxygen atoms in total. The molecular weight excluding hydrogens is 403 g/mol. The molecule has 0 saturated heterocycles. The Labute approximate surface area is 169 Å². The van der Waals surface area contributed by atoms with E-state index in [4.69, 9.17) is 20.6 Å². The van der Waals surface area contributed by atoms with Crippen molar-refractivity contribution in [3.05, 3.63) is 70.8 Å². The van der Waals surface area contributed by atoms with Gasteiger partial charge in [-0.05, 0) is 31.2 Å². The maximum Gasteiger partial charge on any atom is 0.344 e. The van der Waals surface area contributed by atoms with Gasteiger partial charge in [-0.25, -0.2) is 18.0 Å². The molecule has 10 heteroatoms. The fourth-order valence-electron chi connectivity index (χ4n) is 2.39. The van der Waals surface area contributed by atoms with Crippen LogP contribution in [-0.4, -0.2) is 31.2 Å². The molecule has 0 spiro atoms. The number of halogens is 3. The van der Waals surface area contributed by atoms with Crippen LogP contribution in [0.3, 0.4) is 0 Å². The zero-order valence-corrected chi connectivity index (χ0v) is 16.0. The lowest BCUT2D eigenvalue weighted by molar-refractivity contribution is -0.137. The minimum atomic E-state index is -1.14. The number of ether oxygens (including phenoxy) is 2. The van der Waals surface area contributed by atoms with Gasteiger partial charge in [0.2, 0.25) is 5.78 Å². The molecular formula is C20H18F3N3O4. The van der Waals surface area contributed by atoms with Crippen molar-refractivity contribution in [1.82, 2.24) is 0 Å². The van der Waals surface area contributed by atoms with Crippen LogP contribution in [0.25, 0.3) is 0 Å². The fourth-order valence-corrected chi connectivity index (χ4v) is 2.39. The van der Waals surface area contributed by atoms with Crippen molar-refractivity contribution < 1.29 is 32.2 Å². The number of hydrogen-bond acceptors (Lipinski definition) is 7. The number of benzene rings is 2. The van der Waals surface area contributed by atoms with E-state index in [0.29, 0.717) is 0 Å². The first-order valence-electron chi connectivity index (χ1n) is 8.45. The van der Waals surface area contributed by atoms with E-state index < -0.39 is 41.4 Å². The van der Waals surface area contributed by atoms with Gasteiger partial charge >= 0.3 is 5.97 Å². The van der Waals surface area contributed by atoms with E-state index in [1.807, 2.05) is 0 Å². The minimum Gasteiger partial charge on any atom is -0.497 e. The summed E-state index contributed by atoms with van der Waals surface area (Å²) in [7, 11) is 1.34. The number of carbonyl (C=O) groups is 2. The molecule has 0 radical (unpaired) electrons. The lowest BCUT2D eigenvalue weighted by atomic mass is 10.1. The molecule has 0 amide bonds. The lowest BCUT2D eigenvalue weighted by Crippen LogP contribution is -2.25. The number of esters is 1. The molecule has 0 unspecified atom stereocenters. The molecule has 0 atom stereocenters. The number of nitrogens with two attached hydrogens (primary N) is 1. The first-order chi connectivity index (χ1) is 14.1. The number of nitrogens with one attached hydrogen (secondary N) is 2. The largest absolute Gasteiger partial charge is 0.497 e. The molecule has 0 aliphatic rings. The monoisotopic (exact) mass is 421 g/mol. The fraction of sp³-hybridized carbons (Fsp3) is 0.150. The van der Waals surface area contributed by atoms with E-state index in [1.165, 1.54) is 32.2 Å². The summed E-state index contributed by atoms with van der Waals surface area (Å²) in [6.07, 6.45) is 0. The van der Waals surface area contributed by atoms with Crippen molar-refractivity contribution in [3.63, 3.8) is 0 Å². The Kier molecular flexibility index (Phi) is 7.18. The van der Waals surface area contributed by atoms with Gasteiger partial charge in [0.25, 0.3) is 0 Å². The quantitative estimate of drug-likeness (QED) is 0.261. The summed E-state index contributed by atoms with van der Waals surface area (Å²) in [4.78, 5) is 24.5.